The van der Waals surface area contributed by atoms with Crippen molar-refractivity contribution in [1.82, 2.24) is 4.98 Å². The molecule has 0 aliphatic heterocycles. The van der Waals surface area contributed by atoms with Gasteiger partial charge in [-0.05, 0) is 47.7 Å². The number of hydrogen-bond acceptors (Lipinski definition) is 4. The molecule has 1 atom stereocenters. The molecule has 34 heavy (non-hydrogen) atoms. The Kier molecular flexibility index (Phi) is 6.41. The lowest BCUT2D eigenvalue weighted by Crippen LogP contribution is -2.26. The summed E-state index contributed by atoms with van der Waals surface area (Å²) in [5.41, 5.74) is 6.03. The number of pyridine rings is 1. The maximum absolute atomic E-state index is 14.0. The number of aliphatic carboxylic acids is 1. The minimum Gasteiger partial charge on any atom is -0.480 e. The van der Waals surface area contributed by atoms with Crippen LogP contribution >= 0.6 is 0 Å². The van der Waals surface area contributed by atoms with Gasteiger partial charge in [0.15, 0.2) is 0 Å². The van der Waals surface area contributed by atoms with E-state index in [1.165, 1.54) is 24.6 Å². The van der Waals surface area contributed by atoms with Gasteiger partial charge in [-0.25, -0.2) is 9.37 Å². The van der Waals surface area contributed by atoms with Crippen LogP contribution in [0.4, 0.5) is 10.1 Å². The van der Waals surface area contributed by atoms with Crippen LogP contribution in [0, 0.1) is 11.2 Å². The number of carboxylic acids is 1. The van der Waals surface area contributed by atoms with Crippen molar-refractivity contribution in [2.45, 2.75) is 32.7 Å². The van der Waals surface area contributed by atoms with Gasteiger partial charge in [-0.15, -0.1) is 0 Å². The molecule has 4 aromatic rings. The van der Waals surface area contributed by atoms with Gasteiger partial charge in [-0.2, -0.15) is 0 Å². The standard InChI is InChI=1S/C28H26FN3O2/c1-16(2)20-5-4-6-21(13-20)18-7-9-19(10-8-18)26-24(15-30)27(31-17(3)28(33)34)23-14-22(29)11-12-25(23)32-26/h4-17,30H,1-3H3,(H,31,32)(H,33,34). The fourth-order valence-corrected chi connectivity index (χ4v) is 3.94. The van der Waals surface area contributed by atoms with Crippen molar-refractivity contribution in [2.24, 2.45) is 0 Å². The highest BCUT2D eigenvalue weighted by atomic mass is 19.1. The molecule has 6 heteroatoms. The average Bonchev–Trinajstić information content (AvgIpc) is 2.84. The van der Waals surface area contributed by atoms with Gasteiger partial charge in [0.25, 0.3) is 0 Å². The zero-order chi connectivity index (χ0) is 24.4. The number of carbonyl (C=O) groups is 1. The van der Waals surface area contributed by atoms with Crippen LogP contribution in [0.25, 0.3) is 33.3 Å². The fourth-order valence-electron chi connectivity index (χ4n) is 3.94. The van der Waals surface area contributed by atoms with Gasteiger partial charge in [0.1, 0.15) is 11.9 Å². The Morgan fingerprint density at radius 3 is 2.35 bits per heavy atom. The molecule has 0 saturated carbocycles. The predicted octanol–water partition coefficient (Wildman–Crippen LogP) is 6.71. The number of aromatic nitrogens is 1. The molecule has 0 aliphatic rings. The van der Waals surface area contributed by atoms with E-state index in [0.717, 1.165) is 22.9 Å². The van der Waals surface area contributed by atoms with Gasteiger partial charge < -0.3 is 15.8 Å². The van der Waals surface area contributed by atoms with E-state index in [2.05, 4.69) is 43.4 Å². The number of anilines is 1. The third kappa shape index (κ3) is 4.53. The number of fused-ring (bicyclic) bond motifs is 1. The monoisotopic (exact) mass is 455 g/mol. The van der Waals surface area contributed by atoms with Gasteiger partial charge in [0, 0.05) is 22.7 Å². The average molecular weight is 456 g/mol. The molecule has 0 radical (unpaired) electrons. The summed E-state index contributed by atoms with van der Waals surface area (Å²) in [7, 11) is 0. The van der Waals surface area contributed by atoms with E-state index in [1.807, 2.05) is 24.3 Å². The summed E-state index contributed by atoms with van der Waals surface area (Å²) >= 11 is 0. The number of carboxylic acid groups (broad SMARTS) is 1. The number of rotatable bonds is 7. The zero-order valence-electron chi connectivity index (χ0n) is 19.3. The van der Waals surface area contributed by atoms with Crippen molar-refractivity contribution in [3.63, 3.8) is 0 Å². The lowest BCUT2D eigenvalue weighted by atomic mass is 9.95. The highest BCUT2D eigenvalue weighted by Crippen LogP contribution is 2.35. The topological polar surface area (TPSA) is 86.1 Å². The lowest BCUT2D eigenvalue weighted by molar-refractivity contribution is -0.137. The van der Waals surface area contributed by atoms with Crippen LogP contribution in [-0.2, 0) is 4.79 Å². The predicted molar refractivity (Wildman–Crippen MR) is 135 cm³/mol. The van der Waals surface area contributed by atoms with E-state index < -0.39 is 17.8 Å². The molecule has 172 valence electrons. The van der Waals surface area contributed by atoms with E-state index in [1.54, 1.807) is 6.07 Å². The molecule has 5 nitrogen and oxygen atoms in total. The molecular formula is C28H26FN3O2. The second-order valence-corrected chi connectivity index (χ2v) is 8.62. The molecule has 3 aromatic carbocycles. The van der Waals surface area contributed by atoms with Gasteiger partial charge in [0.05, 0.1) is 16.9 Å². The van der Waals surface area contributed by atoms with E-state index in [0.29, 0.717) is 33.8 Å². The number of benzene rings is 3. The Labute approximate surface area is 197 Å². The number of nitrogens with one attached hydrogen (secondary N) is 2. The summed E-state index contributed by atoms with van der Waals surface area (Å²) in [6, 6.07) is 19.6. The molecule has 4 rings (SSSR count). The molecule has 0 saturated heterocycles. The molecule has 0 bridgehead atoms. The van der Waals surface area contributed by atoms with Crippen LogP contribution in [0.5, 0.6) is 0 Å². The van der Waals surface area contributed by atoms with Crippen LogP contribution in [0.1, 0.15) is 37.8 Å². The van der Waals surface area contributed by atoms with Gasteiger partial charge in [0.2, 0.25) is 0 Å². The number of halogens is 1. The SMILES string of the molecule is CC(Nc1c(C=N)c(-c2ccc(-c3cccc(C(C)C)c3)cc2)nc2ccc(F)cc12)C(=O)O. The normalized spacial score (nSPS) is 12.0. The van der Waals surface area contributed by atoms with Crippen LogP contribution in [0.3, 0.4) is 0 Å². The van der Waals surface area contributed by atoms with E-state index >= 15 is 0 Å². The highest BCUT2D eigenvalue weighted by Gasteiger charge is 2.20. The molecule has 0 spiro atoms. The maximum atomic E-state index is 14.0. The molecule has 1 heterocycles. The summed E-state index contributed by atoms with van der Waals surface area (Å²) in [5, 5.41) is 20.8. The number of nitrogens with zero attached hydrogens (tertiary/aromatic N) is 1. The van der Waals surface area contributed by atoms with Crippen molar-refractivity contribution >= 4 is 28.8 Å². The summed E-state index contributed by atoms with van der Waals surface area (Å²) in [6.07, 6.45) is 1.13. The first kappa shape index (κ1) is 23.1. The quantitative estimate of drug-likeness (QED) is 0.270. The first-order valence-electron chi connectivity index (χ1n) is 11.1. The largest absolute Gasteiger partial charge is 0.480 e. The summed E-state index contributed by atoms with van der Waals surface area (Å²) < 4.78 is 14.0. The van der Waals surface area contributed by atoms with E-state index in [-0.39, 0.29) is 0 Å². The first-order chi connectivity index (χ1) is 16.3. The third-order valence-corrected chi connectivity index (χ3v) is 5.91. The molecule has 0 aliphatic carbocycles. The highest BCUT2D eigenvalue weighted by molar-refractivity contribution is 6.06. The van der Waals surface area contributed by atoms with Gasteiger partial charge >= 0.3 is 5.97 Å². The van der Waals surface area contributed by atoms with Gasteiger partial charge in [-0.3, -0.25) is 4.79 Å². The van der Waals surface area contributed by atoms with Crippen LogP contribution in [0.15, 0.2) is 66.7 Å². The fraction of sp³-hybridized carbons (Fsp3) is 0.179. The Morgan fingerprint density at radius 1 is 1.00 bits per heavy atom. The van der Waals surface area contributed by atoms with E-state index in [4.69, 9.17) is 10.4 Å². The molecule has 1 unspecified atom stereocenters. The van der Waals surface area contributed by atoms with Crippen molar-refractivity contribution < 1.29 is 14.3 Å². The van der Waals surface area contributed by atoms with Gasteiger partial charge in [-0.1, -0.05) is 62.4 Å². The summed E-state index contributed by atoms with van der Waals surface area (Å²) in [6.45, 7) is 5.83. The maximum Gasteiger partial charge on any atom is 0.325 e. The first-order valence-corrected chi connectivity index (χ1v) is 11.1. The Morgan fingerprint density at radius 2 is 1.71 bits per heavy atom. The number of hydrogen-bond donors (Lipinski definition) is 3. The van der Waals surface area contributed by atoms with Crippen molar-refractivity contribution in [1.29, 1.82) is 5.41 Å². The molecule has 0 amide bonds. The van der Waals surface area contributed by atoms with Crippen molar-refractivity contribution in [3.05, 3.63) is 83.7 Å². The summed E-state index contributed by atoms with van der Waals surface area (Å²) in [5.74, 6) is -1.08. The molecule has 1 aromatic heterocycles. The van der Waals surface area contributed by atoms with Crippen LogP contribution in [-0.4, -0.2) is 28.3 Å². The van der Waals surface area contributed by atoms with Crippen molar-refractivity contribution in [2.75, 3.05) is 5.32 Å². The zero-order valence-corrected chi connectivity index (χ0v) is 19.3. The van der Waals surface area contributed by atoms with Crippen molar-refractivity contribution in [3.8, 4) is 22.4 Å². The van der Waals surface area contributed by atoms with Crippen LogP contribution in [0.2, 0.25) is 0 Å². The second kappa shape index (κ2) is 9.43. The minimum absolute atomic E-state index is 0.373. The molecule has 3 N–H and O–H groups in total. The molecule has 0 fully saturated rings. The smallest absolute Gasteiger partial charge is 0.325 e. The Hall–Kier alpha value is -4.06. The summed E-state index contributed by atoms with van der Waals surface area (Å²) in [4.78, 5) is 16.2. The lowest BCUT2D eigenvalue weighted by Gasteiger charge is -2.19. The molecular weight excluding hydrogens is 429 g/mol. The Balaban J connectivity index is 1.84. The second-order valence-electron chi connectivity index (χ2n) is 8.62. The van der Waals surface area contributed by atoms with Crippen LogP contribution < -0.4 is 5.32 Å². The Bertz CT molecular complexity index is 1380. The minimum atomic E-state index is -1.05. The third-order valence-electron chi connectivity index (χ3n) is 5.91. The van der Waals surface area contributed by atoms with E-state index in [9.17, 15) is 14.3 Å².